The van der Waals surface area contributed by atoms with E-state index in [0.717, 1.165) is 0 Å². The van der Waals surface area contributed by atoms with Crippen molar-refractivity contribution in [1.29, 1.82) is 0 Å². The van der Waals surface area contributed by atoms with Crippen LogP contribution in [-0.2, 0) is 0 Å². The maximum atomic E-state index is 2.56. The third-order valence-corrected chi connectivity index (χ3v) is 14.3. The van der Waals surface area contributed by atoms with Crippen LogP contribution in [0.2, 0.25) is 0 Å². The van der Waals surface area contributed by atoms with Crippen LogP contribution in [0.5, 0.6) is 0 Å². The zero-order chi connectivity index (χ0) is 43.2. The Morgan fingerprint density at radius 3 is 0.733 bits per heavy atom. The van der Waals surface area contributed by atoms with Crippen LogP contribution in [0.3, 0.4) is 0 Å². The molecule has 0 aromatic heterocycles. The van der Waals surface area contributed by atoms with Gasteiger partial charge in [-0.1, -0.05) is 52.0 Å². The SMILES string of the molecule is Cc1cc(N(c2cc(C)c(C)c(C)c2)c2cc(C(C)C)c3ccc4c(N(c5cc(C)c(C)c(C)c5)c5cc(C)c(C)c(C)c5)cc(C(C)C)c5ccc2c3c54)cc(C)c1C. The summed E-state index contributed by atoms with van der Waals surface area (Å²) < 4.78 is 0. The normalized spacial score (nSPS) is 12.0. The highest BCUT2D eigenvalue weighted by Gasteiger charge is 2.27. The van der Waals surface area contributed by atoms with Crippen molar-refractivity contribution in [2.75, 3.05) is 9.80 Å². The van der Waals surface area contributed by atoms with Gasteiger partial charge in [-0.05, 0) is 255 Å². The van der Waals surface area contributed by atoms with Crippen molar-refractivity contribution in [3.05, 3.63) is 163 Å². The highest BCUT2D eigenvalue weighted by Crippen LogP contribution is 2.51. The number of hydrogen-bond donors (Lipinski definition) is 0. The van der Waals surface area contributed by atoms with Crippen LogP contribution in [0.25, 0.3) is 32.3 Å². The van der Waals surface area contributed by atoms with E-state index in [1.165, 1.54) is 144 Å². The van der Waals surface area contributed by atoms with Gasteiger partial charge in [-0.25, -0.2) is 0 Å². The lowest BCUT2D eigenvalue weighted by Crippen LogP contribution is -2.14. The quantitative estimate of drug-likeness (QED) is 0.142. The molecule has 8 rings (SSSR count). The Hall–Kier alpha value is -5.60. The first kappa shape index (κ1) is 41.1. The van der Waals surface area contributed by atoms with Crippen LogP contribution in [0.15, 0.2) is 84.9 Å². The summed E-state index contributed by atoms with van der Waals surface area (Å²) in [5, 5.41) is 7.96. The topological polar surface area (TPSA) is 6.48 Å². The highest BCUT2D eigenvalue weighted by atomic mass is 15.2. The van der Waals surface area contributed by atoms with Crippen molar-refractivity contribution < 1.29 is 0 Å². The molecule has 0 saturated heterocycles. The summed E-state index contributed by atoms with van der Waals surface area (Å²) in [6.45, 7) is 36.5. The molecule has 306 valence electrons. The second-order valence-corrected chi connectivity index (χ2v) is 18.8. The monoisotopic (exact) mass is 789 g/mol. The molecule has 0 N–H and O–H groups in total. The lowest BCUT2D eigenvalue weighted by molar-refractivity contribution is 0.875. The number of rotatable bonds is 8. The molecule has 0 aliphatic rings. The maximum absolute atomic E-state index is 2.56. The average Bonchev–Trinajstić information content (AvgIpc) is 3.19. The van der Waals surface area contributed by atoms with Crippen LogP contribution in [0, 0.1) is 83.1 Å². The number of aryl methyl sites for hydroxylation is 8. The van der Waals surface area contributed by atoms with Crippen LogP contribution >= 0.6 is 0 Å². The fourth-order valence-electron chi connectivity index (χ4n) is 9.76. The Balaban J connectivity index is 1.55. The van der Waals surface area contributed by atoms with Gasteiger partial charge in [-0.15, -0.1) is 0 Å². The third-order valence-electron chi connectivity index (χ3n) is 14.3. The van der Waals surface area contributed by atoms with Crippen LogP contribution < -0.4 is 9.80 Å². The van der Waals surface area contributed by atoms with Gasteiger partial charge in [-0.3, -0.25) is 0 Å². The van der Waals surface area contributed by atoms with Crippen LogP contribution in [-0.4, -0.2) is 0 Å². The van der Waals surface area contributed by atoms with E-state index < -0.39 is 0 Å². The molecule has 0 aliphatic carbocycles. The fraction of sp³-hybridized carbons (Fsp3) is 0.310. The lowest BCUT2D eigenvalue weighted by atomic mass is 9.84. The molecular weight excluding hydrogens is 725 g/mol. The van der Waals surface area contributed by atoms with Crippen LogP contribution in [0.1, 0.15) is 117 Å². The molecule has 2 nitrogen and oxygen atoms in total. The minimum absolute atomic E-state index is 0.315. The molecule has 0 spiro atoms. The van der Waals surface area contributed by atoms with Crippen molar-refractivity contribution in [1.82, 2.24) is 0 Å². The van der Waals surface area contributed by atoms with Crippen molar-refractivity contribution in [3.8, 4) is 0 Å². The minimum atomic E-state index is 0.315. The number of nitrogens with zero attached hydrogens (tertiary/aromatic N) is 2. The Morgan fingerprint density at radius 2 is 0.517 bits per heavy atom. The van der Waals surface area contributed by atoms with E-state index in [1.807, 2.05) is 0 Å². The third kappa shape index (κ3) is 6.64. The van der Waals surface area contributed by atoms with Gasteiger partial charge >= 0.3 is 0 Å². The highest BCUT2D eigenvalue weighted by molar-refractivity contribution is 6.29. The van der Waals surface area contributed by atoms with Crippen LogP contribution in [0.4, 0.5) is 34.1 Å². The van der Waals surface area contributed by atoms with E-state index in [1.54, 1.807) is 0 Å². The molecule has 8 aromatic rings. The molecule has 0 unspecified atom stereocenters. The Morgan fingerprint density at radius 1 is 0.300 bits per heavy atom. The van der Waals surface area contributed by atoms with Gasteiger partial charge in [0.1, 0.15) is 0 Å². The van der Waals surface area contributed by atoms with E-state index in [2.05, 4.69) is 206 Å². The molecule has 0 saturated carbocycles. The summed E-state index contributed by atoms with van der Waals surface area (Å²) in [6.07, 6.45) is 0. The summed E-state index contributed by atoms with van der Waals surface area (Å²) >= 11 is 0. The van der Waals surface area contributed by atoms with Gasteiger partial charge in [0.2, 0.25) is 0 Å². The Labute approximate surface area is 360 Å². The molecule has 0 amide bonds. The zero-order valence-corrected chi connectivity index (χ0v) is 39.1. The molecule has 60 heavy (non-hydrogen) atoms. The first-order chi connectivity index (χ1) is 28.4. The van der Waals surface area contributed by atoms with Crippen molar-refractivity contribution in [2.45, 2.75) is 123 Å². The lowest BCUT2D eigenvalue weighted by Gasteiger charge is -2.33. The van der Waals surface area contributed by atoms with Gasteiger partial charge < -0.3 is 9.80 Å². The molecular formula is C58H64N2. The second-order valence-electron chi connectivity index (χ2n) is 18.8. The van der Waals surface area contributed by atoms with Gasteiger partial charge in [0.25, 0.3) is 0 Å². The number of benzene rings is 8. The predicted molar refractivity (Wildman–Crippen MR) is 265 cm³/mol. The molecule has 0 heterocycles. The maximum Gasteiger partial charge on any atom is 0.0543 e. The molecule has 0 fully saturated rings. The summed E-state index contributed by atoms with van der Waals surface area (Å²) in [5.41, 5.74) is 25.9. The molecule has 0 bridgehead atoms. The van der Waals surface area contributed by atoms with E-state index in [9.17, 15) is 0 Å². The second kappa shape index (κ2) is 15.1. The molecule has 0 aliphatic heterocycles. The number of anilines is 6. The van der Waals surface area contributed by atoms with Gasteiger partial charge in [0.05, 0.1) is 11.4 Å². The molecule has 0 radical (unpaired) electrons. The van der Waals surface area contributed by atoms with E-state index in [4.69, 9.17) is 0 Å². The standard InChI is InChI=1S/C58H64N2/c1-31(2)53-29-55(59(45-21-33(5)41(13)34(6)22-45)46-23-35(7)42(14)36(8)24-46)51-20-18-50-54(32(3)4)30-56(52-19-17-49(53)57(51)58(50)52)60(47-25-37(9)43(15)38(10)26-47)48-27-39(11)44(16)40(12)28-48/h17-32H,1-16H3. The smallest absolute Gasteiger partial charge is 0.0543 e. The minimum Gasteiger partial charge on any atom is -0.310 e. The van der Waals surface area contributed by atoms with E-state index in [-0.39, 0.29) is 0 Å². The number of hydrogen-bond acceptors (Lipinski definition) is 2. The first-order valence-corrected chi connectivity index (χ1v) is 22.1. The molecule has 0 atom stereocenters. The first-order valence-electron chi connectivity index (χ1n) is 22.1. The predicted octanol–water partition coefficient (Wildman–Crippen LogP) is 17.5. The van der Waals surface area contributed by atoms with Gasteiger partial charge in [0, 0.05) is 33.5 Å². The van der Waals surface area contributed by atoms with E-state index in [0.29, 0.717) is 11.8 Å². The van der Waals surface area contributed by atoms with Crippen molar-refractivity contribution in [3.63, 3.8) is 0 Å². The Bertz CT molecular complexity index is 2600. The Kier molecular flexibility index (Phi) is 10.4. The largest absolute Gasteiger partial charge is 0.310 e. The summed E-state index contributed by atoms with van der Waals surface area (Å²) in [7, 11) is 0. The van der Waals surface area contributed by atoms with Gasteiger partial charge in [-0.2, -0.15) is 0 Å². The summed E-state index contributed by atoms with van der Waals surface area (Å²) in [5.74, 6) is 0.631. The van der Waals surface area contributed by atoms with Crippen molar-refractivity contribution in [2.24, 2.45) is 0 Å². The van der Waals surface area contributed by atoms with Gasteiger partial charge in [0.15, 0.2) is 0 Å². The summed E-state index contributed by atoms with van der Waals surface area (Å²) in [6, 6.07) is 33.9. The zero-order valence-electron chi connectivity index (χ0n) is 39.1. The molecule has 2 heteroatoms. The fourth-order valence-corrected chi connectivity index (χ4v) is 9.76. The average molecular weight is 789 g/mol. The summed E-state index contributed by atoms with van der Waals surface area (Å²) in [4.78, 5) is 5.12. The molecule has 8 aromatic carbocycles. The van der Waals surface area contributed by atoms with Crippen molar-refractivity contribution >= 4 is 66.4 Å². The van der Waals surface area contributed by atoms with E-state index >= 15 is 0 Å².